The van der Waals surface area contributed by atoms with Gasteiger partial charge in [-0.1, -0.05) is 30.3 Å². The summed E-state index contributed by atoms with van der Waals surface area (Å²) in [5.74, 6) is 2.50. The molecular weight excluding hydrogens is 414 g/mol. The minimum absolute atomic E-state index is 0.113. The van der Waals surface area contributed by atoms with Crippen molar-refractivity contribution in [1.29, 1.82) is 0 Å². The van der Waals surface area contributed by atoms with E-state index >= 15 is 0 Å². The molecule has 1 fully saturated rings. The number of fused-ring (bicyclic) bond motifs is 1. The van der Waals surface area contributed by atoms with Gasteiger partial charge in [0.2, 0.25) is 5.76 Å². The van der Waals surface area contributed by atoms with Crippen LogP contribution in [0.5, 0.6) is 0 Å². The number of benzene rings is 1. The van der Waals surface area contributed by atoms with E-state index in [0.717, 1.165) is 62.5 Å². The molecule has 2 aromatic heterocycles. The maximum Gasteiger partial charge on any atom is 0.292 e. The van der Waals surface area contributed by atoms with Crippen LogP contribution in [0.1, 0.15) is 76.5 Å². The van der Waals surface area contributed by atoms with Crippen LogP contribution in [0.3, 0.4) is 0 Å². The Hall–Kier alpha value is -3.22. The summed E-state index contributed by atoms with van der Waals surface area (Å²) >= 11 is 0. The third kappa shape index (κ3) is 4.24. The predicted octanol–water partition coefficient (Wildman–Crippen LogP) is 4.71. The summed E-state index contributed by atoms with van der Waals surface area (Å²) < 4.78 is 5.66. The first-order chi connectivity index (χ1) is 16.0. The standard InChI is InChI=1S/C26H31N5O2/c1-17-21-12-9-14-30(16-20-10-5-4-6-11-20)25(21)29-24(28-17)22-13-7-8-15-31(22)26(32)23-18(2)27-19(3)33-23/h4-6,10-11,22H,7-9,12-16H2,1-3H3/t22-/m1/s1. The van der Waals surface area contributed by atoms with Gasteiger partial charge in [0.25, 0.3) is 5.91 Å². The van der Waals surface area contributed by atoms with Crippen molar-refractivity contribution >= 4 is 11.7 Å². The van der Waals surface area contributed by atoms with E-state index in [-0.39, 0.29) is 11.9 Å². The van der Waals surface area contributed by atoms with Gasteiger partial charge in [-0.2, -0.15) is 0 Å². The summed E-state index contributed by atoms with van der Waals surface area (Å²) in [4.78, 5) is 32.0. The van der Waals surface area contributed by atoms with Crippen LogP contribution in [-0.4, -0.2) is 38.8 Å². The zero-order valence-corrected chi connectivity index (χ0v) is 19.7. The number of likely N-dealkylation sites (tertiary alicyclic amines) is 1. The van der Waals surface area contributed by atoms with E-state index in [4.69, 9.17) is 14.4 Å². The lowest BCUT2D eigenvalue weighted by Crippen LogP contribution is -2.40. The number of anilines is 1. The van der Waals surface area contributed by atoms with Crippen molar-refractivity contribution in [1.82, 2.24) is 19.9 Å². The number of nitrogens with zero attached hydrogens (tertiary/aromatic N) is 5. The second-order valence-corrected chi connectivity index (χ2v) is 9.14. The van der Waals surface area contributed by atoms with E-state index in [1.807, 2.05) is 17.9 Å². The van der Waals surface area contributed by atoms with Crippen molar-refractivity contribution in [2.75, 3.05) is 18.0 Å². The lowest BCUT2D eigenvalue weighted by atomic mass is 9.99. The third-order valence-corrected chi connectivity index (χ3v) is 6.74. The molecule has 2 aliphatic heterocycles. The molecule has 0 radical (unpaired) electrons. The van der Waals surface area contributed by atoms with Crippen LogP contribution in [0, 0.1) is 20.8 Å². The Morgan fingerprint density at radius 2 is 1.82 bits per heavy atom. The molecular formula is C26H31N5O2. The van der Waals surface area contributed by atoms with E-state index in [0.29, 0.717) is 23.9 Å². The smallest absolute Gasteiger partial charge is 0.292 e. The van der Waals surface area contributed by atoms with Crippen LogP contribution in [0.15, 0.2) is 34.7 Å². The van der Waals surface area contributed by atoms with E-state index in [1.54, 1.807) is 6.92 Å². The molecule has 0 aliphatic carbocycles. The molecule has 5 rings (SSSR count). The van der Waals surface area contributed by atoms with Crippen molar-refractivity contribution in [3.8, 4) is 0 Å². The lowest BCUT2D eigenvalue weighted by Gasteiger charge is -2.36. The molecule has 4 heterocycles. The molecule has 0 saturated carbocycles. The molecule has 0 spiro atoms. The molecule has 1 saturated heterocycles. The number of rotatable bonds is 4. The second kappa shape index (κ2) is 8.96. The average Bonchev–Trinajstić information content (AvgIpc) is 3.17. The molecule has 2 aliphatic rings. The van der Waals surface area contributed by atoms with Crippen LogP contribution >= 0.6 is 0 Å². The largest absolute Gasteiger partial charge is 0.436 e. The molecule has 172 valence electrons. The van der Waals surface area contributed by atoms with Gasteiger partial charge in [0.15, 0.2) is 11.7 Å². The van der Waals surface area contributed by atoms with E-state index in [1.165, 1.54) is 11.1 Å². The van der Waals surface area contributed by atoms with Crippen LogP contribution < -0.4 is 4.90 Å². The average molecular weight is 446 g/mol. The minimum Gasteiger partial charge on any atom is -0.436 e. The quantitative estimate of drug-likeness (QED) is 0.579. The number of carbonyl (C=O) groups is 1. The molecule has 3 aromatic rings. The van der Waals surface area contributed by atoms with Crippen molar-refractivity contribution in [2.45, 2.75) is 65.5 Å². The molecule has 0 bridgehead atoms. The summed E-state index contributed by atoms with van der Waals surface area (Å²) in [6.07, 6.45) is 4.97. The first-order valence-corrected chi connectivity index (χ1v) is 11.9. The second-order valence-electron chi connectivity index (χ2n) is 9.14. The minimum atomic E-state index is -0.152. The first kappa shape index (κ1) is 21.6. The maximum absolute atomic E-state index is 13.4. The molecule has 1 aromatic carbocycles. The molecule has 7 nitrogen and oxygen atoms in total. The topological polar surface area (TPSA) is 75.4 Å². The van der Waals surface area contributed by atoms with Crippen molar-refractivity contribution in [3.05, 3.63) is 70.3 Å². The number of hydrogen-bond acceptors (Lipinski definition) is 6. The SMILES string of the molecule is Cc1nc(C)c(C(=O)N2CCCC[C@@H]2c2nc(C)c3c(n2)N(Cc2ccccc2)CCC3)o1. The summed E-state index contributed by atoms with van der Waals surface area (Å²) in [6.45, 7) is 8.15. The number of amides is 1. The fourth-order valence-electron chi connectivity index (χ4n) is 5.12. The first-order valence-electron chi connectivity index (χ1n) is 11.9. The molecule has 0 N–H and O–H groups in total. The lowest BCUT2D eigenvalue weighted by molar-refractivity contribution is 0.0564. The van der Waals surface area contributed by atoms with Gasteiger partial charge in [0.1, 0.15) is 5.82 Å². The van der Waals surface area contributed by atoms with Crippen LogP contribution in [0.25, 0.3) is 0 Å². The zero-order chi connectivity index (χ0) is 22.9. The van der Waals surface area contributed by atoms with E-state index in [2.05, 4.69) is 41.1 Å². The van der Waals surface area contributed by atoms with Crippen LogP contribution in [0.2, 0.25) is 0 Å². The Balaban J connectivity index is 1.49. The number of aromatic nitrogens is 3. The fourth-order valence-corrected chi connectivity index (χ4v) is 5.12. The van der Waals surface area contributed by atoms with Gasteiger partial charge < -0.3 is 14.2 Å². The van der Waals surface area contributed by atoms with Gasteiger partial charge in [0.05, 0.1) is 11.7 Å². The number of aryl methyl sites for hydroxylation is 3. The van der Waals surface area contributed by atoms with Crippen LogP contribution in [-0.2, 0) is 13.0 Å². The number of piperidine rings is 1. The van der Waals surface area contributed by atoms with Crippen LogP contribution in [0.4, 0.5) is 5.82 Å². The summed E-state index contributed by atoms with van der Waals surface area (Å²) in [5, 5.41) is 0. The highest BCUT2D eigenvalue weighted by Crippen LogP contribution is 2.35. The molecule has 1 amide bonds. The van der Waals surface area contributed by atoms with E-state index in [9.17, 15) is 4.79 Å². The highest BCUT2D eigenvalue weighted by Gasteiger charge is 2.34. The fraction of sp³-hybridized carbons (Fsp3) is 0.462. The normalized spacial score (nSPS) is 18.3. The van der Waals surface area contributed by atoms with Gasteiger partial charge in [-0.15, -0.1) is 0 Å². The molecule has 33 heavy (non-hydrogen) atoms. The molecule has 1 atom stereocenters. The Morgan fingerprint density at radius 1 is 1.00 bits per heavy atom. The van der Waals surface area contributed by atoms with Gasteiger partial charge in [-0.25, -0.2) is 15.0 Å². The predicted molar refractivity (Wildman–Crippen MR) is 126 cm³/mol. The Labute approximate surface area is 194 Å². The Kier molecular flexibility index (Phi) is 5.87. The Morgan fingerprint density at radius 3 is 2.58 bits per heavy atom. The van der Waals surface area contributed by atoms with Gasteiger partial charge >= 0.3 is 0 Å². The summed E-state index contributed by atoms with van der Waals surface area (Å²) in [5.41, 5.74) is 4.17. The maximum atomic E-state index is 13.4. The van der Waals surface area contributed by atoms with E-state index < -0.39 is 0 Å². The molecule has 7 heteroatoms. The van der Waals surface area contributed by atoms with Crippen molar-refractivity contribution in [3.63, 3.8) is 0 Å². The Bertz CT molecular complexity index is 1160. The zero-order valence-electron chi connectivity index (χ0n) is 19.7. The highest BCUT2D eigenvalue weighted by atomic mass is 16.4. The number of carbonyl (C=O) groups excluding carboxylic acids is 1. The van der Waals surface area contributed by atoms with Gasteiger partial charge in [-0.3, -0.25) is 4.79 Å². The van der Waals surface area contributed by atoms with Crippen molar-refractivity contribution < 1.29 is 9.21 Å². The van der Waals surface area contributed by atoms with Crippen molar-refractivity contribution in [2.24, 2.45) is 0 Å². The van der Waals surface area contributed by atoms with Gasteiger partial charge in [0, 0.05) is 37.8 Å². The monoisotopic (exact) mass is 445 g/mol. The third-order valence-electron chi connectivity index (χ3n) is 6.74. The number of oxazole rings is 1. The molecule has 0 unspecified atom stereocenters. The summed E-state index contributed by atoms with van der Waals surface area (Å²) in [7, 11) is 0. The highest BCUT2D eigenvalue weighted by molar-refractivity contribution is 5.92. The van der Waals surface area contributed by atoms with Gasteiger partial charge in [-0.05, 0) is 51.5 Å². The number of hydrogen-bond donors (Lipinski definition) is 0. The summed E-state index contributed by atoms with van der Waals surface area (Å²) in [6, 6.07) is 10.4.